The summed E-state index contributed by atoms with van der Waals surface area (Å²) in [5.74, 6) is 0.686. The van der Waals surface area contributed by atoms with Crippen molar-refractivity contribution in [2.45, 2.75) is 92.3 Å². The molecule has 5 heteroatoms. The predicted molar refractivity (Wildman–Crippen MR) is 252 cm³/mol. The van der Waals surface area contributed by atoms with E-state index in [9.17, 15) is 5.11 Å². The molecule has 0 saturated heterocycles. The molecule has 0 aliphatic carbocycles. The van der Waals surface area contributed by atoms with Gasteiger partial charge in [-0.1, -0.05) is 164 Å². The number of aromatic hydroxyl groups is 1. The van der Waals surface area contributed by atoms with Gasteiger partial charge in [0, 0.05) is 42.6 Å². The Bertz CT molecular complexity index is 3000. The number of phenols is 1. The van der Waals surface area contributed by atoms with Crippen LogP contribution in [0.15, 0.2) is 134 Å². The van der Waals surface area contributed by atoms with Crippen LogP contribution in [-0.4, -0.2) is 19.6 Å². The number of aryl methyl sites for hydroxylation is 2. The zero-order valence-corrected chi connectivity index (χ0v) is 39.1. The quantitative estimate of drug-likeness (QED) is 0.169. The van der Waals surface area contributed by atoms with Crippen LogP contribution in [0.3, 0.4) is 0 Å². The largest absolute Gasteiger partial charge is 0.507 e. The first-order chi connectivity index (χ1) is 29.6. The molecule has 0 amide bonds. The summed E-state index contributed by atoms with van der Waals surface area (Å²) in [6.07, 6.45) is 1.87. The van der Waals surface area contributed by atoms with Crippen LogP contribution in [0.4, 0.5) is 0 Å². The van der Waals surface area contributed by atoms with E-state index in [1.54, 1.807) is 12.1 Å². The van der Waals surface area contributed by atoms with E-state index in [0.29, 0.717) is 11.4 Å². The third-order valence-electron chi connectivity index (χ3n) is 11.6. The van der Waals surface area contributed by atoms with Gasteiger partial charge in [-0.25, -0.2) is 4.98 Å². The van der Waals surface area contributed by atoms with Gasteiger partial charge in [0.25, 0.3) is 0 Å². The molecule has 0 saturated carbocycles. The number of imidazole rings is 1. The fourth-order valence-corrected chi connectivity index (χ4v) is 7.91. The molecule has 0 aliphatic rings. The third kappa shape index (κ3) is 8.66. The van der Waals surface area contributed by atoms with Gasteiger partial charge in [-0.2, -0.15) is 0 Å². The Morgan fingerprint density at radius 1 is 0.590 bits per heavy atom. The maximum atomic E-state index is 12.0. The van der Waals surface area contributed by atoms with Crippen LogP contribution in [0, 0.1) is 19.8 Å². The Hall–Kier alpha value is -5.57. The van der Waals surface area contributed by atoms with E-state index in [0.717, 1.165) is 78.0 Å². The zero-order chi connectivity index (χ0) is 45.2. The van der Waals surface area contributed by atoms with Gasteiger partial charge in [0.15, 0.2) is 0 Å². The summed E-state index contributed by atoms with van der Waals surface area (Å²) in [4.78, 5) is 10.4. The average Bonchev–Trinajstić information content (AvgIpc) is 3.62. The van der Waals surface area contributed by atoms with Crippen molar-refractivity contribution in [3.8, 4) is 67.5 Å². The average molecular weight is 985 g/mol. The van der Waals surface area contributed by atoms with Crippen molar-refractivity contribution in [3.05, 3.63) is 167 Å². The van der Waals surface area contributed by atoms with Crippen LogP contribution in [0.5, 0.6) is 5.75 Å². The van der Waals surface area contributed by atoms with E-state index in [1.807, 2.05) is 73.8 Å². The molecule has 2 heterocycles. The second kappa shape index (κ2) is 16.4. The van der Waals surface area contributed by atoms with Gasteiger partial charge in [0.05, 0.1) is 22.3 Å². The van der Waals surface area contributed by atoms with E-state index < -0.39 is 6.85 Å². The van der Waals surface area contributed by atoms with Crippen LogP contribution in [-0.2, 0) is 37.3 Å². The molecule has 0 bridgehead atoms. The van der Waals surface area contributed by atoms with Crippen molar-refractivity contribution in [2.24, 2.45) is 0 Å². The number of para-hydroxylation sites is 1. The maximum absolute atomic E-state index is 12.0. The summed E-state index contributed by atoms with van der Waals surface area (Å²) in [6.45, 7) is 19.4. The fourth-order valence-electron chi connectivity index (χ4n) is 7.91. The minimum atomic E-state index is -2.32. The van der Waals surface area contributed by atoms with Crippen molar-refractivity contribution in [1.82, 2.24) is 14.5 Å². The van der Waals surface area contributed by atoms with Crippen LogP contribution in [0.1, 0.15) is 94.2 Å². The van der Waals surface area contributed by atoms with Crippen LogP contribution >= 0.6 is 0 Å². The first-order valence-corrected chi connectivity index (χ1v) is 20.8. The van der Waals surface area contributed by atoms with Crippen molar-refractivity contribution in [3.63, 3.8) is 0 Å². The Labute approximate surface area is 381 Å². The Balaban J connectivity index is 0.00000612. The summed E-state index contributed by atoms with van der Waals surface area (Å²) < 4.78 is 27.1. The molecule has 6 aromatic carbocycles. The van der Waals surface area contributed by atoms with Crippen LogP contribution in [0.25, 0.3) is 72.7 Å². The first-order valence-electron chi connectivity index (χ1n) is 22.3. The Morgan fingerprint density at radius 3 is 1.93 bits per heavy atom. The number of nitrogens with zero attached hydrogens (tertiary/aromatic N) is 3. The topological polar surface area (TPSA) is 50.9 Å². The number of pyridine rings is 1. The second-order valence-corrected chi connectivity index (χ2v) is 19.2. The molecule has 0 atom stereocenters. The molecule has 0 spiro atoms. The summed E-state index contributed by atoms with van der Waals surface area (Å²) >= 11 is 0. The molecule has 4 nitrogen and oxygen atoms in total. The van der Waals surface area contributed by atoms with E-state index in [4.69, 9.17) is 14.1 Å². The molecule has 61 heavy (non-hydrogen) atoms. The molecule has 8 aromatic rings. The molecular weight excluding hydrogens is 926 g/mol. The summed E-state index contributed by atoms with van der Waals surface area (Å²) in [5.41, 5.74) is 14.2. The van der Waals surface area contributed by atoms with Crippen LogP contribution in [0.2, 0.25) is 0 Å². The number of aromatic nitrogens is 3. The number of benzene rings is 6. The molecule has 1 N–H and O–H groups in total. The number of hydrogen-bond donors (Lipinski definition) is 1. The van der Waals surface area contributed by atoms with Gasteiger partial charge in [0.2, 0.25) is 0 Å². The molecule has 0 fully saturated rings. The molecular formula is C56H56N3OPt-. The zero-order valence-electron chi connectivity index (χ0n) is 39.8. The van der Waals surface area contributed by atoms with E-state index >= 15 is 0 Å². The SMILES string of the molecule is [2H]C([2H])([2H])c1ccc(-n2c(-c3cc(C(C)(C)C)cc(C)c3O)nc3c(-c4[c-]c(-c5cc(-c6ccc(C(C)(C)C)cc6)ccn5)cc(C(C)(C)C)c4)cccc32)c(-c2ccccc2)c1.[Pt]. The minimum absolute atomic E-state index is 0. The van der Waals surface area contributed by atoms with E-state index in [1.165, 1.54) is 5.56 Å². The first kappa shape index (κ1) is 39.6. The number of fused-ring (bicyclic) bond motifs is 1. The Kier molecular flexibility index (Phi) is 10.6. The summed E-state index contributed by atoms with van der Waals surface area (Å²) in [5, 5.41) is 12.0. The Morgan fingerprint density at radius 2 is 1.26 bits per heavy atom. The number of phenolic OH excluding ortho intramolecular Hbond substituents is 1. The van der Waals surface area contributed by atoms with Crippen molar-refractivity contribution < 1.29 is 30.3 Å². The monoisotopic (exact) mass is 984 g/mol. The second-order valence-electron chi connectivity index (χ2n) is 19.2. The van der Waals surface area contributed by atoms with Gasteiger partial charge in [-0.05, 0) is 93.7 Å². The van der Waals surface area contributed by atoms with Gasteiger partial charge >= 0.3 is 0 Å². The van der Waals surface area contributed by atoms with Gasteiger partial charge in [-0.3, -0.25) is 9.55 Å². The number of rotatable bonds is 6. The van der Waals surface area contributed by atoms with Gasteiger partial charge in [-0.15, -0.1) is 29.3 Å². The van der Waals surface area contributed by atoms with Crippen LogP contribution < -0.4 is 0 Å². The van der Waals surface area contributed by atoms with E-state index in [-0.39, 0.29) is 48.6 Å². The maximum Gasteiger partial charge on any atom is 0.148 e. The molecule has 312 valence electrons. The third-order valence-corrected chi connectivity index (χ3v) is 11.6. The minimum Gasteiger partial charge on any atom is -0.507 e. The van der Waals surface area contributed by atoms with Crippen molar-refractivity contribution in [1.29, 1.82) is 0 Å². The summed E-state index contributed by atoms with van der Waals surface area (Å²) in [7, 11) is 0. The predicted octanol–water partition coefficient (Wildman–Crippen LogP) is 14.8. The molecule has 0 aliphatic heterocycles. The standard InChI is InChI=1S/C56H56N3O.Pt/c1-35-20-25-49(46(28-35)38-16-13-12-14-17-38)59-50-19-15-18-45(51(50)58-53(59)47-34-43(55(6,7)8)29-36(2)52(47)60)40-30-41(32-44(31-40)56(9,10)11)48-33-39(26-27-57-48)37-21-23-42(24-22-37)54(3,4)5;/h12-29,31-34,60H,1-11H3;/q-1;/i1D3;. The molecule has 0 unspecified atom stereocenters. The normalized spacial score (nSPS) is 13.0. The fraction of sp³-hybridized carbons (Fsp3) is 0.250. The van der Waals surface area contributed by atoms with Gasteiger partial charge < -0.3 is 5.11 Å². The van der Waals surface area contributed by atoms with Crippen molar-refractivity contribution in [2.75, 3.05) is 0 Å². The number of hydrogen-bond acceptors (Lipinski definition) is 3. The van der Waals surface area contributed by atoms with Gasteiger partial charge in [0.1, 0.15) is 11.6 Å². The molecule has 0 radical (unpaired) electrons. The summed E-state index contributed by atoms with van der Waals surface area (Å²) in [6, 6.07) is 46.6. The van der Waals surface area contributed by atoms with E-state index in [2.05, 4.69) is 128 Å². The van der Waals surface area contributed by atoms with Crippen molar-refractivity contribution >= 4 is 11.0 Å². The smallest absolute Gasteiger partial charge is 0.148 e. The molecule has 8 rings (SSSR count). The molecule has 2 aromatic heterocycles.